The van der Waals surface area contributed by atoms with Crippen molar-refractivity contribution in [1.82, 2.24) is 5.32 Å². The van der Waals surface area contributed by atoms with Gasteiger partial charge in [0.2, 0.25) is 0 Å². The average molecular weight is 484 g/mol. The molecule has 1 aliphatic heterocycles. The van der Waals surface area contributed by atoms with Gasteiger partial charge in [0.05, 0.1) is 21.2 Å². The molecule has 1 aliphatic rings. The summed E-state index contributed by atoms with van der Waals surface area (Å²) in [6, 6.07) is 20.7. The van der Waals surface area contributed by atoms with Crippen LogP contribution in [0.25, 0.3) is 0 Å². The van der Waals surface area contributed by atoms with E-state index in [1.807, 2.05) is 12.1 Å². The lowest BCUT2D eigenvalue weighted by Crippen LogP contribution is -2.29. The van der Waals surface area contributed by atoms with Gasteiger partial charge in [0.15, 0.2) is 0 Å². The number of rotatable bonds is 7. The van der Waals surface area contributed by atoms with Crippen LogP contribution in [-0.2, 0) is 16.6 Å². The Morgan fingerprint density at radius 2 is 1.61 bits per heavy atom. The summed E-state index contributed by atoms with van der Waals surface area (Å²) >= 11 is 6.29. The number of amides is 1. The fraction of sp³-hybridized carbons (Fsp3) is 0.240. The van der Waals surface area contributed by atoms with Gasteiger partial charge in [-0.2, -0.15) is 0 Å². The van der Waals surface area contributed by atoms with Crippen molar-refractivity contribution in [2.24, 2.45) is 0 Å². The molecular weight excluding hydrogens is 458 g/mol. The fourth-order valence-electron chi connectivity index (χ4n) is 3.83. The van der Waals surface area contributed by atoms with Crippen LogP contribution in [0.5, 0.6) is 0 Å². The first-order chi connectivity index (χ1) is 15.9. The minimum atomic E-state index is -3.73. The lowest BCUT2D eigenvalue weighted by molar-refractivity contribution is 0.0951. The van der Waals surface area contributed by atoms with E-state index in [4.69, 9.17) is 11.6 Å². The summed E-state index contributed by atoms with van der Waals surface area (Å²) in [5.41, 5.74) is 2.77. The van der Waals surface area contributed by atoms with Gasteiger partial charge in [0.1, 0.15) is 0 Å². The zero-order chi connectivity index (χ0) is 23.3. The molecule has 1 saturated heterocycles. The van der Waals surface area contributed by atoms with Crippen molar-refractivity contribution < 1.29 is 13.2 Å². The maximum Gasteiger partial charge on any atom is 0.261 e. The number of nitrogens with zero attached hydrogens (tertiary/aromatic N) is 1. The topological polar surface area (TPSA) is 78.5 Å². The number of sulfonamides is 1. The molecule has 8 heteroatoms. The van der Waals surface area contributed by atoms with Crippen LogP contribution < -0.4 is 14.9 Å². The quantitative estimate of drug-likeness (QED) is 0.492. The third kappa shape index (κ3) is 5.86. The van der Waals surface area contributed by atoms with E-state index in [9.17, 15) is 13.2 Å². The van der Waals surface area contributed by atoms with Crippen molar-refractivity contribution in [2.45, 2.75) is 30.7 Å². The molecule has 1 amide bonds. The van der Waals surface area contributed by atoms with Crippen LogP contribution >= 0.6 is 11.6 Å². The molecule has 0 radical (unpaired) electrons. The fourth-order valence-corrected chi connectivity index (χ4v) is 5.17. The monoisotopic (exact) mass is 483 g/mol. The molecular formula is C25H26ClN3O3S. The van der Waals surface area contributed by atoms with Gasteiger partial charge in [-0.25, -0.2) is 8.42 Å². The normalized spacial score (nSPS) is 14.0. The Hall–Kier alpha value is -3.03. The second-order valence-corrected chi connectivity index (χ2v) is 10.1. The van der Waals surface area contributed by atoms with Crippen molar-refractivity contribution in [1.29, 1.82) is 0 Å². The van der Waals surface area contributed by atoms with E-state index in [1.54, 1.807) is 18.2 Å². The van der Waals surface area contributed by atoms with Crippen LogP contribution in [0, 0.1) is 0 Å². The maximum atomic E-state index is 12.6. The molecule has 4 rings (SSSR count). The minimum absolute atomic E-state index is 0.147. The maximum absolute atomic E-state index is 12.6. The van der Waals surface area contributed by atoms with E-state index in [2.05, 4.69) is 27.1 Å². The molecule has 1 heterocycles. The molecule has 0 aromatic heterocycles. The summed E-state index contributed by atoms with van der Waals surface area (Å²) in [5, 5.41) is 3.04. The zero-order valence-corrected chi connectivity index (χ0v) is 19.7. The third-order valence-corrected chi connectivity index (χ3v) is 7.34. The SMILES string of the molecule is O=C(NCc1ccc(N2CCCCC2)cc1)c1ccc(NS(=O)(=O)c2ccccc2)cc1Cl. The Morgan fingerprint density at radius 3 is 2.27 bits per heavy atom. The van der Waals surface area contributed by atoms with E-state index in [1.165, 1.54) is 55.3 Å². The first kappa shape index (κ1) is 23.1. The van der Waals surface area contributed by atoms with E-state index in [-0.39, 0.29) is 27.1 Å². The highest BCUT2D eigenvalue weighted by molar-refractivity contribution is 7.92. The van der Waals surface area contributed by atoms with E-state index >= 15 is 0 Å². The van der Waals surface area contributed by atoms with Crippen molar-refractivity contribution in [3.8, 4) is 0 Å². The molecule has 33 heavy (non-hydrogen) atoms. The predicted molar refractivity (Wildman–Crippen MR) is 132 cm³/mol. The van der Waals surface area contributed by atoms with Crippen LogP contribution in [-0.4, -0.2) is 27.4 Å². The first-order valence-corrected chi connectivity index (χ1v) is 12.8. The summed E-state index contributed by atoms with van der Waals surface area (Å²) in [6.45, 7) is 2.55. The molecule has 2 N–H and O–H groups in total. The van der Waals surface area contributed by atoms with Gasteiger partial charge in [0, 0.05) is 25.3 Å². The molecule has 6 nitrogen and oxygen atoms in total. The predicted octanol–water partition coefficient (Wildman–Crippen LogP) is 5.06. The van der Waals surface area contributed by atoms with Crippen LogP contribution in [0.4, 0.5) is 11.4 Å². The number of carbonyl (C=O) groups excluding carboxylic acids is 1. The molecule has 0 saturated carbocycles. The van der Waals surface area contributed by atoms with Crippen LogP contribution in [0.1, 0.15) is 35.2 Å². The Kier molecular flexibility index (Phi) is 7.20. The number of anilines is 2. The number of halogens is 1. The Morgan fingerprint density at radius 1 is 0.909 bits per heavy atom. The van der Waals surface area contributed by atoms with E-state index in [0.717, 1.165) is 18.7 Å². The van der Waals surface area contributed by atoms with Crippen molar-refractivity contribution in [3.05, 3.63) is 88.9 Å². The lowest BCUT2D eigenvalue weighted by atomic mass is 10.1. The van der Waals surface area contributed by atoms with E-state index < -0.39 is 10.0 Å². The molecule has 3 aromatic rings. The van der Waals surface area contributed by atoms with Gasteiger partial charge in [0.25, 0.3) is 15.9 Å². The number of benzene rings is 3. The van der Waals surface area contributed by atoms with Gasteiger partial charge in [-0.05, 0) is 67.3 Å². The molecule has 0 unspecified atom stereocenters. The molecule has 1 fully saturated rings. The summed E-state index contributed by atoms with van der Waals surface area (Å²) in [7, 11) is -3.73. The number of carbonyl (C=O) groups is 1. The Balaban J connectivity index is 1.36. The third-order valence-electron chi connectivity index (χ3n) is 5.63. The van der Waals surface area contributed by atoms with Gasteiger partial charge in [-0.15, -0.1) is 0 Å². The smallest absolute Gasteiger partial charge is 0.261 e. The molecule has 3 aromatic carbocycles. The number of nitrogens with one attached hydrogen (secondary N) is 2. The number of hydrogen-bond donors (Lipinski definition) is 2. The summed E-state index contributed by atoms with van der Waals surface area (Å²) in [4.78, 5) is 15.2. The largest absolute Gasteiger partial charge is 0.372 e. The molecule has 0 atom stereocenters. The highest BCUT2D eigenvalue weighted by atomic mass is 35.5. The van der Waals surface area contributed by atoms with Gasteiger partial charge >= 0.3 is 0 Å². The average Bonchev–Trinajstić information content (AvgIpc) is 2.84. The highest BCUT2D eigenvalue weighted by Crippen LogP contribution is 2.24. The highest BCUT2D eigenvalue weighted by Gasteiger charge is 2.16. The van der Waals surface area contributed by atoms with Crippen LogP contribution in [0.15, 0.2) is 77.7 Å². The second kappa shape index (κ2) is 10.3. The summed E-state index contributed by atoms with van der Waals surface area (Å²) in [5.74, 6) is -0.322. The Labute approximate surface area is 199 Å². The molecule has 0 aliphatic carbocycles. The van der Waals surface area contributed by atoms with Crippen molar-refractivity contribution >= 4 is 38.9 Å². The zero-order valence-electron chi connectivity index (χ0n) is 18.1. The van der Waals surface area contributed by atoms with Gasteiger partial charge < -0.3 is 10.2 Å². The number of hydrogen-bond acceptors (Lipinski definition) is 4. The van der Waals surface area contributed by atoms with Gasteiger partial charge in [-0.3, -0.25) is 9.52 Å². The molecule has 0 bridgehead atoms. The van der Waals surface area contributed by atoms with Crippen LogP contribution in [0.3, 0.4) is 0 Å². The van der Waals surface area contributed by atoms with E-state index in [0.29, 0.717) is 6.54 Å². The lowest BCUT2D eigenvalue weighted by Gasteiger charge is -2.28. The standard InChI is InChI=1S/C25H26ClN3O3S/c26-24-17-20(28-33(31,32)22-7-3-1-4-8-22)11-14-23(24)25(30)27-18-19-9-12-21(13-10-19)29-15-5-2-6-16-29/h1,3-4,7-14,17,28H,2,5-6,15-16,18H2,(H,27,30). The first-order valence-electron chi connectivity index (χ1n) is 10.9. The summed E-state index contributed by atoms with van der Waals surface area (Å²) in [6.07, 6.45) is 3.75. The van der Waals surface area contributed by atoms with Crippen LogP contribution in [0.2, 0.25) is 5.02 Å². The van der Waals surface area contributed by atoms with Gasteiger partial charge in [-0.1, -0.05) is 41.9 Å². The molecule has 0 spiro atoms. The number of piperidine rings is 1. The second-order valence-electron chi connectivity index (χ2n) is 8.01. The van der Waals surface area contributed by atoms with Crippen molar-refractivity contribution in [3.63, 3.8) is 0 Å². The minimum Gasteiger partial charge on any atom is -0.372 e. The Bertz CT molecular complexity index is 1210. The summed E-state index contributed by atoms with van der Waals surface area (Å²) < 4.78 is 27.4. The molecule has 172 valence electrons. The van der Waals surface area contributed by atoms with Crippen molar-refractivity contribution in [2.75, 3.05) is 22.7 Å².